The Hall–Kier alpha value is -0.870. The first-order valence-corrected chi connectivity index (χ1v) is 7.37. The van der Waals surface area contributed by atoms with Gasteiger partial charge in [0.05, 0.1) is 12.3 Å². The van der Waals surface area contributed by atoms with Gasteiger partial charge in [-0.25, -0.2) is 0 Å². The predicted molar refractivity (Wildman–Crippen MR) is 76.7 cm³/mol. The van der Waals surface area contributed by atoms with Crippen LogP contribution < -0.4 is 5.73 Å². The van der Waals surface area contributed by atoms with E-state index in [1.54, 1.807) is 4.68 Å². The van der Waals surface area contributed by atoms with E-state index in [0.717, 1.165) is 30.2 Å². The van der Waals surface area contributed by atoms with Crippen LogP contribution in [0.2, 0.25) is 0 Å². The smallest absolute Gasteiger partial charge is 0.101 e. The molecule has 4 nitrogen and oxygen atoms in total. The third-order valence-electron chi connectivity index (χ3n) is 4.42. The molecule has 1 heterocycles. The molecular weight excluding hydrogens is 238 g/mol. The van der Waals surface area contributed by atoms with E-state index in [0.29, 0.717) is 6.10 Å². The summed E-state index contributed by atoms with van der Waals surface area (Å²) in [4.78, 5) is 0. The van der Waals surface area contributed by atoms with Gasteiger partial charge in [0.1, 0.15) is 6.10 Å². The minimum atomic E-state index is -0.0423. The lowest BCUT2D eigenvalue weighted by molar-refractivity contribution is -0.0568. The highest BCUT2D eigenvalue weighted by atomic mass is 16.5. The quantitative estimate of drug-likeness (QED) is 0.910. The fourth-order valence-corrected chi connectivity index (χ4v) is 2.92. The first-order chi connectivity index (χ1) is 8.97. The molecule has 1 aliphatic carbocycles. The van der Waals surface area contributed by atoms with E-state index in [1.807, 2.05) is 26.4 Å². The lowest BCUT2D eigenvalue weighted by atomic mass is 9.80. The fourth-order valence-electron chi connectivity index (χ4n) is 2.92. The Labute approximate surface area is 116 Å². The van der Waals surface area contributed by atoms with Gasteiger partial charge >= 0.3 is 0 Å². The summed E-state index contributed by atoms with van der Waals surface area (Å²) in [5, 5.41) is 4.22. The summed E-state index contributed by atoms with van der Waals surface area (Å²) in [7, 11) is 1.92. The van der Waals surface area contributed by atoms with E-state index in [2.05, 4.69) is 18.9 Å². The molecule has 2 rings (SSSR count). The molecule has 5 atom stereocenters. The summed E-state index contributed by atoms with van der Waals surface area (Å²) in [5.74, 6) is 1.55. The van der Waals surface area contributed by atoms with Crippen molar-refractivity contribution in [3.05, 3.63) is 18.0 Å². The van der Waals surface area contributed by atoms with Gasteiger partial charge in [0.2, 0.25) is 0 Å². The average molecular weight is 265 g/mol. The van der Waals surface area contributed by atoms with Crippen molar-refractivity contribution in [2.45, 2.75) is 58.3 Å². The maximum absolute atomic E-state index is 6.29. The fraction of sp³-hybridized carbons (Fsp3) is 0.800. The van der Waals surface area contributed by atoms with Gasteiger partial charge in [-0.15, -0.1) is 0 Å². The van der Waals surface area contributed by atoms with E-state index < -0.39 is 0 Å². The highest BCUT2D eigenvalue weighted by Gasteiger charge is 2.29. The topological polar surface area (TPSA) is 53.1 Å². The number of nitrogens with zero attached hydrogens (tertiary/aromatic N) is 2. The zero-order chi connectivity index (χ0) is 14.0. The number of aromatic nitrogens is 2. The Morgan fingerprint density at radius 3 is 2.63 bits per heavy atom. The van der Waals surface area contributed by atoms with Crippen molar-refractivity contribution in [3.8, 4) is 0 Å². The molecule has 4 heteroatoms. The van der Waals surface area contributed by atoms with Crippen LogP contribution in [0.15, 0.2) is 12.4 Å². The lowest BCUT2D eigenvalue weighted by Gasteiger charge is -2.35. The van der Waals surface area contributed by atoms with Crippen molar-refractivity contribution < 1.29 is 4.74 Å². The van der Waals surface area contributed by atoms with Crippen molar-refractivity contribution in [3.63, 3.8) is 0 Å². The number of ether oxygens (including phenoxy) is 1. The molecule has 1 aliphatic rings. The molecule has 108 valence electrons. The molecule has 0 aliphatic heterocycles. The van der Waals surface area contributed by atoms with Crippen LogP contribution in [0.1, 0.15) is 51.7 Å². The summed E-state index contributed by atoms with van der Waals surface area (Å²) in [6.07, 6.45) is 7.71. The second kappa shape index (κ2) is 6.06. The Kier molecular flexibility index (Phi) is 4.63. The standard InChI is InChI=1S/C15H27N3O/c1-10-5-6-14(7-11(10)2)19-15(12(3)16)13-8-17-18(4)9-13/h8-12,14-15H,5-7,16H2,1-4H3. The molecule has 0 aromatic carbocycles. The van der Waals surface area contributed by atoms with Crippen molar-refractivity contribution in [1.29, 1.82) is 0 Å². The number of hydrogen-bond donors (Lipinski definition) is 1. The summed E-state index contributed by atoms with van der Waals surface area (Å²) in [6, 6.07) is -0.0149. The van der Waals surface area contributed by atoms with Crippen LogP contribution in [0.4, 0.5) is 0 Å². The average Bonchev–Trinajstić information content (AvgIpc) is 2.76. The second-order valence-electron chi connectivity index (χ2n) is 6.25. The van der Waals surface area contributed by atoms with Crippen LogP contribution in [-0.2, 0) is 11.8 Å². The van der Waals surface area contributed by atoms with Gasteiger partial charge in [-0.2, -0.15) is 5.10 Å². The van der Waals surface area contributed by atoms with E-state index in [-0.39, 0.29) is 12.1 Å². The Morgan fingerprint density at radius 1 is 1.37 bits per heavy atom. The lowest BCUT2D eigenvalue weighted by Crippen LogP contribution is -2.33. The van der Waals surface area contributed by atoms with Crippen LogP contribution in [0.5, 0.6) is 0 Å². The van der Waals surface area contributed by atoms with Gasteiger partial charge in [0, 0.05) is 24.8 Å². The van der Waals surface area contributed by atoms with Gasteiger partial charge in [-0.05, 0) is 38.0 Å². The zero-order valence-electron chi connectivity index (χ0n) is 12.5. The number of aryl methyl sites for hydroxylation is 1. The van der Waals surface area contributed by atoms with Crippen molar-refractivity contribution >= 4 is 0 Å². The second-order valence-corrected chi connectivity index (χ2v) is 6.25. The normalized spacial score (nSPS) is 31.1. The third-order valence-corrected chi connectivity index (χ3v) is 4.42. The minimum absolute atomic E-state index is 0.0149. The molecule has 0 saturated heterocycles. The van der Waals surface area contributed by atoms with Crippen LogP contribution in [0.25, 0.3) is 0 Å². The van der Waals surface area contributed by atoms with E-state index in [4.69, 9.17) is 10.5 Å². The molecule has 1 aromatic heterocycles. The van der Waals surface area contributed by atoms with E-state index in [9.17, 15) is 0 Å². The molecule has 0 spiro atoms. The maximum atomic E-state index is 6.29. The van der Waals surface area contributed by atoms with Crippen LogP contribution >= 0.6 is 0 Å². The molecule has 2 N–H and O–H groups in total. The van der Waals surface area contributed by atoms with Gasteiger partial charge in [0.25, 0.3) is 0 Å². The molecule has 0 radical (unpaired) electrons. The van der Waals surface area contributed by atoms with Crippen LogP contribution in [-0.4, -0.2) is 21.9 Å². The van der Waals surface area contributed by atoms with E-state index >= 15 is 0 Å². The molecule has 19 heavy (non-hydrogen) atoms. The van der Waals surface area contributed by atoms with E-state index in [1.165, 1.54) is 6.42 Å². The number of nitrogens with two attached hydrogens (primary N) is 1. The summed E-state index contributed by atoms with van der Waals surface area (Å²) >= 11 is 0. The van der Waals surface area contributed by atoms with Crippen molar-refractivity contribution in [1.82, 2.24) is 9.78 Å². The molecule has 1 saturated carbocycles. The zero-order valence-corrected chi connectivity index (χ0v) is 12.5. The Balaban J connectivity index is 2.01. The molecule has 0 bridgehead atoms. The van der Waals surface area contributed by atoms with Crippen LogP contribution in [0, 0.1) is 11.8 Å². The van der Waals surface area contributed by atoms with Gasteiger partial charge < -0.3 is 10.5 Å². The summed E-state index contributed by atoms with van der Waals surface area (Å²) in [5.41, 5.74) is 7.18. The monoisotopic (exact) mass is 265 g/mol. The summed E-state index contributed by atoms with van der Waals surface area (Å²) in [6.45, 7) is 6.67. The molecule has 1 aromatic rings. The Morgan fingerprint density at radius 2 is 2.11 bits per heavy atom. The van der Waals surface area contributed by atoms with Gasteiger partial charge in [-0.3, -0.25) is 4.68 Å². The number of hydrogen-bond acceptors (Lipinski definition) is 3. The van der Waals surface area contributed by atoms with Crippen molar-refractivity contribution in [2.24, 2.45) is 24.6 Å². The summed E-state index contributed by atoms with van der Waals surface area (Å²) < 4.78 is 8.10. The highest BCUT2D eigenvalue weighted by molar-refractivity contribution is 5.10. The number of rotatable bonds is 4. The maximum Gasteiger partial charge on any atom is 0.101 e. The molecule has 0 amide bonds. The van der Waals surface area contributed by atoms with Gasteiger partial charge in [0.15, 0.2) is 0 Å². The first-order valence-electron chi connectivity index (χ1n) is 7.37. The first kappa shape index (κ1) is 14.5. The molecular formula is C15H27N3O. The minimum Gasteiger partial charge on any atom is -0.369 e. The largest absolute Gasteiger partial charge is 0.369 e. The third kappa shape index (κ3) is 3.57. The molecule has 5 unspecified atom stereocenters. The van der Waals surface area contributed by atoms with Crippen LogP contribution in [0.3, 0.4) is 0 Å². The predicted octanol–water partition coefficient (Wildman–Crippen LogP) is 2.65. The van der Waals surface area contributed by atoms with Crippen molar-refractivity contribution in [2.75, 3.05) is 0 Å². The highest BCUT2D eigenvalue weighted by Crippen LogP contribution is 2.34. The SMILES string of the molecule is CC(N)C(OC1CCC(C)C(C)C1)c1cnn(C)c1. The molecule has 1 fully saturated rings. The van der Waals surface area contributed by atoms with Gasteiger partial charge in [-0.1, -0.05) is 13.8 Å². The Bertz CT molecular complexity index is 402.